The lowest BCUT2D eigenvalue weighted by Gasteiger charge is -2.27. The lowest BCUT2D eigenvalue weighted by atomic mass is 9.77. The number of rotatable bonds is 6. The van der Waals surface area contributed by atoms with Crippen molar-refractivity contribution in [1.82, 2.24) is 0 Å². The van der Waals surface area contributed by atoms with Gasteiger partial charge in [-0.3, -0.25) is 10.1 Å². The third-order valence-corrected chi connectivity index (χ3v) is 7.66. The first-order valence-corrected chi connectivity index (χ1v) is 12.8. The van der Waals surface area contributed by atoms with Crippen LogP contribution in [0.25, 0.3) is 0 Å². The number of aryl methyl sites for hydroxylation is 2. The molecule has 4 aromatic rings. The lowest BCUT2D eigenvalue weighted by Crippen LogP contribution is -2.25. The minimum Gasteiger partial charge on any atom is -0.258 e. The molecule has 4 nitrogen and oxygen atoms in total. The molecule has 0 N–H and O–H groups in total. The van der Waals surface area contributed by atoms with E-state index in [1.807, 2.05) is 98.8 Å². The molecule has 0 fully saturated rings. The highest BCUT2D eigenvalue weighted by Crippen LogP contribution is 2.35. The van der Waals surface area contributed by atoms with E-state index in [1.165, 1.54) is 0 Å². The third kappa shape index (κ3) is 5.62. The van der Waals surface area contributed by atoms with Gasteiger partial charge in [0.25, 0.3) is 5.69 Å². The zero-order chi connectivity index (χ0) is 25.7. The van der Waals surface area contributed by atoms with Crippen LogP contribution in [-0.4, -0.2) is 9.13 Å². The second kappa shape index (κ2) is 10.7. The van der Waals surface area contributed by atoms with Gasteiger partial charge in [-0.1, -0.05) is 78.1 Å². The Morgan fingerprint density at radius 3 is 2.25 bits per heavy atom. The summed E-state index contributed by atoms with van der Waals surface area (Å²) >= 11 is 0. The van der Waals surface area contributed by atoms with Crippen LogP contribution in [0.3, 0.4) is 0 Å². The Morgan fingerprint density at radius 1 is 0.889 bits per heavy atom. The molecular weight excluding hydrogens is 466 g/mol. The molecule has 180 valence electrons. The summed E-state index contributed by atoms with van der Waals surface area (Å²) in [5.74, 6) is 6.73. The van der Waals surface area contributed by atoms with E-state index >= 15 is 0 Å². The molecule has 0 aromatic heterocycles. The highest BCUT2D eigenvalue weighted by molar-refractivity contribution is 7.85. The van der Waals surface area contributed by atoms with Crippen molar-refractivity contribution in [3.63, 3.8) is 0 Å². The fourth-order valence-electron chi connectivity index (χ4n) is 4.18. The van der Waals surface area contributed by atoms with E-state index in [0.717, 1.165) is 27.1 Å². The molecule has 0 bridgehead atoms. The first-order valence-electron chi connectivity index (χ1n) is 11.7. The minimum atomic E-state index is -1.41. The topological polar surface area (TPSA) is 60.2 Å². The first kappa shape index (κ1) is 25.1. The Bertz CT molecular complexity index is 1480. The fraction of sp³-hybridized carbons (Fsp3) is 0.161. The monoisotopic (exact) mass is 493 g/mol. The quantitative estimate of drug-likeness (QED) is 0.166. The molecule has 0 spiro atoms. The van der Waals surface area contributed by atoms with E-state index in [9.17, 15) is 14.3 Å². The standard InChI is InChI=1S/C31H27NO3S/c1-23-13-17-27(18-14-23)36(35)30-12-8-7-11-28(30)31(3,20-19-25-9-5-4-6-10-25)22-26-16-15-24(2)29(21-26)32(33)34/h4-18,21H,22H2,1-3H3/t31-,36?/m1/s1. The largest absolute Gasteiger partial charge is 0.272 e. The molecule has 0 saturated carbocycles. The molecule has 0 heterocycles. The Morgan fingerprint density at radius 2 is 1.56 bits per heavy atom. The molecule has 0 aliphatic heterocycles. The lowest BCUT2D eigenvalue weighted by molar-refractivity contribution is -0.385. The van der Waals surface area contributed by atoms with Crippen molar-refractivity contribution in [2.45, 2.75) is 42.4 Å². The van der Waals surface area contributed by atoms with Gasteiger partial charge in [0.15, 0.2) is 0 Å². The molecule has 36 heavy (non-hydrogen) atoms. The predicted octanol–water partition coefficient (Wildman–Crippen LogP) is 6.93. The molecule has 0 radical (unpaired) electrons. The first-order chi connectivity index (χ1) is 17.3. The van der Waals surface area contributed by atoms with Crippen LogP contribution in [0.15, 0.2) is 107 Å². The number of nitrogens with zero attached hydrogens (tertiary/aromatic N) is 1. The average molecular weight is 494 g/mol. The number of benzene rings is 4. The van der Waals surface area contributed by atoms with Gasteiger partial charge in [0, 0.05) is 27.0 Å². The van der Waals surface area contributed by atoms with Crippen molar-refractivity contribution in [1.29, 1.82) is 0 Å². The maximum Gasteiger partial charge on any atom is 0.272 e. The average Bonchev–Trinajstić information content (AvgIpc) is 2.89. The Labute approximate surface area is 214 Å². The van der Waals surface area contributed by atoms with Gasteiger partial charge >= 0.3 is 0 Å². The molecule has 4 aromatic carbocycles. The van der Waals surface area contributed by atoms with E-state index in [4.69, 9.17) is 0 Å². The van der Waals surface area contributed by atoms with Gasteiger partial charge in [0.05, 0.1) is 21.1 Å². The van der Waals surface area contributed by atoms with Crippen LogP contribution in [0.2, 0.25) is 0 Å². The van der Waals surface area contributed by atoms with Crippen LogP contribution in [-0.2, 0) is 22.6 Å². The highest BCUT2D eigenvalue weighted by atomic mass is 32.2. The second-order valence-electron chi connectivity index (χ2n) is 9.08. The van der Waals surface area contributed by atoms with E-state index < -0.39 is 16.2 Å². The van der Waals surface area contributed by atoms with Gasteiger partial charge in [0.1, 0.15) is 0 Å². The predicted molar refractivity (Wildman–Crippen MR) is 145 cm³/mol. The minimum absolute atomic E-state index is 0.0855. The van der Waals surface area contributed by atoms with Crippen molar-refractivity contribution in [2.24, 2.45) is 0 Å². The number of hydrogen-bond acceptors (Lipinski definition) is 3. The third-order valence-electron chi connectivity index (χ3n) is 6.20. The molecule has 4 rings (SSSR count). The second-order valence-corrected chi connectivity index (χ2v) is 10.5. The Balaban J connectivity index is 1.85. The Hall–Kier alpha value is -4.01. The van der Waals surface area contributed by atoms with Gasteiger partial charge in [-0.15, -0.1) is 0 Å². The number of nitro benzene ring substituents is 1. The Kier molecular flexibility index (Phi) is 7.47. The zero-order valence-corrected chi connectivity index (χ0v) is 21.3. The van der Waals surface area contributed by atoms with Crippen LogP contribution >= 0.6 is 0 Å². The molecule has 0 aliphatic rings. The van der Waals surface area contributed by atoms with E-state index in [1.54, 1.807) is 19.1 Å². The van der Waals surface area contributed by atoms with Gasteiger partial charge in [0.2, 0.25) is 0 Å². The van der Waals surface area contributed by atoms with Crippen LogP contribution in [0, 0.1) is 35.8 Å². The zero-order valence-electron chi connectivity index (χ0n) is 20.5. The molecule has 0 saturated heterocycles. The van der Waals surface area contributed by atoms with E-state index in [-0.39, 0.29) is 10.6 Å². The van der Waals surface area contributed by atoms with Crippen molar-refractivity contribution in [3.05, 3.63) is 135 Å². The summed E-state index contributed by atoms with van der Waals surface area (Å²) in [6, 6.07) is 30.3. The molecule has 1 unspecified atom stereocenters. The van der Waals surface area contributed by atoms with Crippen LogP contribution in [0.4, 0.5) is 5.69 Å². The molecular formula is C31H27NO3S. The van der Waals surface area contributed by atoms with Crippen molar-refractivity contribution >= 4 is 16.5 Å². The van der Waals surface area contributed by atoms with Crippen LogP contribution in [0.5, 0.6) is 0 Å². The van der Waals surface area contributed by atoms with Crippen LogP contribution < -0.4 is 0 Å². The van der Waals surface area contributed by atoms with Gasteiger partial charge in [-0.05, 0) is 68.7 Å². The smallest absolute Gasteiger partial charge is 0.258 e. The highest BCUT2D eigenvalue weighted by Gasteiger charge is 2.30. The number of hydrogen-bond donors (Lipinski definition) is 0. The SMILES string of the molecule is Cc1ccc(S(=O)c2ccccc2[C@](C)(C#Cc2ccccc2)Cc2ccc(C)c([N+](=O)[O-])c2)cc1. The van der Waals surface area contributed by atoms with Gasteiger partial charge in [-0.2, -0.15) is 0 Å². The van der Waals surface area contributed by atoms with Gasteiger partial charge in [-0.25, -0.2) is 4.21 Å². The summed E-state index contributed by atoms with van der Waals surface area (Å²) in [6.07, 6.45) is 0.427. The van der Waals surface area contributed by atoms with Crippen molar-refractivity contribution < 1.29 is 9.13 Å². The summed E-state index contributed by atoms with van der Waals surface area (Å²) in [4.78, 5) is 12.6. The van der Waals surface area contributed by atoms with E-state index in [0.29, 0.717) is 16.9 Å². The molecule has 5 heteroatoms. The molecule has 0 aliphatic carbocycles. The fourth-order valence-corrected chi connectivity index (χ4v) is 5.51. The van der Waals surface area contributed by atoms with Crippen molar-refractivity contribution in [3.8, 4) is 11.8 Å². The van der Waals surface area contributed by atoms with Crippen LogP contribution in [0.1, 0.15) is 34.7 Å². The normalized spacial score (nSPS) is 13.2. The molecule has 0 amide bonds. The van der Waals surface area contributed by atoms with E-state index in [2.05, 4.69) is 11.8 Å². The summed E-state index contributed by atoms with van der Waals surface area (Å²) in [6.45, 7) is 5.74. The maximum absolute atomic E-state index is 13.7. The summed E-state index contributed by atoms with van der Waals surface area (Å²) in [5, 5.41) is 11.6. The summed E-state index contributed by atoms with van der Waals surface area (Å²) < 4.78 is 13.7. The summed E-state index contributed by atoms with van der Waals surface area (Å²) in [7, 11) is -1.41. The van der Waals surface area contributed by atoms with Crippen molar-refractivity contribution in [2.75, 3.05) is 0 Å². The van der Waals surface area contributed by atoms with Gasteiger partial charge < -0.3 is 0 Å². The molecule has 2 atom stereocenters. The maximum atomic E-state index is 13.7. The summed E-state index contributed by atoms with van der Waals surface area (Å²) in [5.41, 5.74) is 3.56. The number of nitro groups is 1.